The maximum Gasteiger partial charge on any atom is 0.319 e. The van der Waals surface area contributed by atoms with Crippen LogP contribution in [-0.2, 0) is 4.79 Å². The molecule has 8 nitrogen and oxygen atoms in total. The van der Waals surface area contributed by atoms with Crippen LogP contribution in [0.15, 0.2) is 24.7 Å². The average molecular weight is 342 g/mol. The van der Waals surface area contributed by atoms with Gasteiger partial charge in [0.25, 0.3) is 0 Å². The van der Waals surface area contributed by atoms with Crippen LogP contribution in [0.1, 0.15) is 25.7 Å². The van der Waals surface area contributed by atoms with Crippen molar-refractivity contribution in [2.24, 2.45) is 5.92 Å². The molecule has 1 N–H and O–H groups in total. The second kappa shape index (κ2) is 6.70. The minimum absolute atomic E-state index is 0.0145. The molecule has 0 aliphatic carbocycles. The first-order valence-electron chi connectivity index (χ1n) is 8.85. The van der Waals surface area contributed by atoms with E-state index in [0.717, 1.165) is 37.3 Å². The van der Waals surface area contributed by atoms with Crippen LogP contribution in [0.5, 0.6) is 0 Å². The fraction of sp³-hybridized carbons (Fsp3) is 0.529. The zero-order chi connectivity index (χ0) is 17.2. The highest BCUT2D eigenvalue weighted by atomic mass is 16.2. The summed E-state index contributed by atoms with van der Waals surface area (Å²) in [4.78, 5) is 28.7. The molecule has 0 atom stereocenters. The molecule has 0 aromatic carbocycles. The Labute approximate surface area is 145 Å². The topological polar surface area (TPSA) is 82.8 Å². The lowest BCUT2D eigenvalue weighted by Gasteiger charge is -2.34. The van der Waals surface area contributed by atoms with Gasteiger partial charge in [-0.3, -0.25) is 9.20 Å². The van der Waals surface area contributed by atoms with Crippen molar-refractivity contribution in [3.8, 4) is 0 Å². The van der Waals surface area contributed by atoms with E-state index in [1.807, 2.05) is 21.9 Å². The number of rotatable bonds is 2. The summed E-state index contributed by atoms with van der Waals surface area (Å²) in [6, 6.07) is 3.78. The van der Waals surface area contributed by atoms with Gasteiger partial charge in [-0.05, 0) is 37.8 Å². The third-order valence-electron chi connectivity index (χ3n) is 5.07. The fourth-order valence-electron chi connectivity index (χ4n) is 3.59. The van der Waals surface area contributed by atoms with Crippen LogP contribution in [0.3, 0.4) is 0 Å². The van der Waals surface area contributed by atoms with E-state index < -0.39 is 0 Å². The Morgan fingerprint density at radius 1 is 1.04 bits per heavy atom. The van der Waals surface area contributed by atoms with Crippen LogP contribution in [0, 0.1) is 5.92 Å². The van der Waals surface area contributed by atoms with E-state index in [1.165, 1.54) is 0 Å². The molecular weight excluding hydrogens is 320 g/mol. The Kier molecular flexibility index (Phi) is 4.25. The molecule has 0 saturated carbocycles. The quantitative estimate of drug-likeness (QED) is 0.898. The van der Waals surface area contributed by atoms with Crippen molar-refractivity contribution in [1.82, 2.24) is 24.4 Å². The molecule has 0 radical (unpaired) electrons. The highest BCUT2D eigenvalue weighted by Gasteiger charge is 2.30. The van der Waals surface area contributed by atoms with Gasteiger partial charge in [-0.15, -0.1) is 10.2 Å². The van der Waals surface area contributed by atoms with Crippen molar-refractivity contribution < 1.29 is 9.59 Å². The van der Waals surface area contributed by atoms with Crippen molar-refractivity contribution in [2.45, 2.75) is 25.7 Å². The molecule has 0 spiro atoms. The molecule has 2 saturated heterocycles. The Morgan fingerprint density at radius 2 is 1.76 bits per heavy atom. The maximum absolute atomic E-state index is 12.5. The van der Waals surface area contributed by atoms with Gasteiger partial charge in [0.05, 0.1) is 5.69 Å². The van der Waals surface area contributed by atoms with Crippen LogP contribution in [0.25, 0.3) is 5.65 Å². The largest absolute Gasteiger partial charge is 0.325 e. The van der Waals surface area contributed by atoms with Crippen molar-refractivity contribution in [3.05, 3.63) is 24.7 Å². The summed E-state index contributed by atoms with van der Waals surface area (Å²) in [5.41, 5.74) is 1.47. The molecule has 2 aromatic rings. The van der Waals surface area contributed by atoms with E-state index in [0.29, 0.717) is 25.9 Å². The van der Waals surface area contributed by atoms with Crippen LogP contribution in [0.4, 0.5) is 10.5 Å². The first-order chi connectivity index (χ1) is 12.2. The lowest BCUT2D eigenvalue weighted by atomic mass is 9.96. The molecule has 2 fully saturated rings. The summed E-state index contributed by atoms with van der Waals surface area (Å²) >= 11 is 0. The number of amides is 3. The number of carbonyl (C=O) groups excluding carboxylic acids is 2. The molecule has 3 amide bonds. The number of piperidine rings is 1. The van der Waals surface area contributed by atoms with Gasteiger partial charge in [0.1, 0.15) is 6.33 Å². The molecular formula is C17H22N6O2. The van der Waals surface area contributed by atoms with E-state index in [9.17, 15) is 9.59 Å². The highest BCUT2D eigenvalue weighted by Crippen LogP contribution is 2.22. The van der Waals surface area contributed by atoms with Gasteiger partial charge in [-0.25, -0.2) is 4.79 Å². The molecule has 25 heavy (non-hydrogen) atoms. The van der Waals surface area contributed by atoms with Gasteiger partial charge in [0, 0.05) is 38.3 Å². The van der Waals surface area contributed by atoms with E-state index >= 15 is 0 Å². The van der Waals surface area contributed by atoms with Gasteiger partial charge in [-0.1, -0.05) is 0 Å². The SMILES string of the molecule is O=C(Nc1ccc2nncn2c1)C1CCN(C(=O)N2CCCC2)CC1. The second-order valence-corrected chi connectivity index (χ2v) is 6.74. The van der Waals surface area contributed by atoms with Crippen molar-refractivity contribution >= 4 is 23.3 Å². The lowest BCUT2D eigenvalue weighted by molar-refractivity contribution is -0.121. The predicted molar refractivity (Wildman–Crippen MR) is 92.1 cm³/mol. The predicted octanol–water partition coefficient (Wildman–Crippen LogP) is 1.60. The third-order valence-corrected chi connectivity index (χ3v) is 5.07. The van der Waals surface area contributed by atoms with E-state index in [-0.39, 0.29) is 17.9 Å². The van der Waals surface area contributed by atoms with Crippen LogP contribution >= 0.6 is 0 Å². The average Bonchev–Trinajstić information content (AvgIpc) is 3.32. The molecule has 0 unspecified atom stereocenters. The minimum atomic E-state index is -0.0563. The molecule has 2 aliphatic rings. The fourth-order valence-corrected chi connectivity index (χ4v) is 3.59. The van der Waals surface area contributed by atoms with Gasteiger partial charge in [0.15, 0.2) is 5.65 Å². The second-order valence-electron chi connectivity index (χ2n) is 6.74. The molecule has 132 valence electrons. The van der Waals surface area contributed by atoms with Crippen molar-refractivity contribution in [2.75, 3.05) is 31.5 Å². The van der Waals surface area contributed by atoms with Crippen molar-refractivity contribution in [3.63, 3.8) is 0 Å². The summed E-state index contributed by atoms with van der Waals surface area (Å²) in [6.45, 7) is 3.03. The first kappa shape index (κ1) is 15.9. The van der Waals surface area contributed by atoms with Crippen LogP contribution < -0.4 is 5.32 Å². The smallest absolute Gasteiger partial charge is 0.319 e. The molecule has 4 rings (SSSR count). The Hall–Kier alpha value is -2.64. The Morgan fingerprint density at radius 3 is 2.52 bits per heavy atom. The Bertz CT molecular complexity index is 774. The molecule has 0 bridgehead atoms. The number of anilines is 1. The molecule has 4 heterocycles. The zero-order valence-electron chi connectivity index (χ0n) is 14.1. The summed E-state index contributed by atoms with van der Waals surface area (Å²) in [7, 11) is 0. The monoisotopic (exact) mass is 342 g/mol. The van der Waals surface area contributed by atoms with Gasteiger partial charge in [0.2, 0.25) is 5.91 Å². The summed E-state index contributed by atoms with van der Waals surface area (Å²) in [6.07, 6.45) is 7.02. The van der Waals surface area contributed by atoms with Crippen molar-refractivity contribution in [1.29, 1.82) is 0 Å². The number of nitrogens with one attached hydrogen (secondary N) is 1. The van der Waals surface area contributed by atoms with E-state index in [2.05, 4.69) is 15.5 Å². The highest BCUT2D eigenvalue weighted by molar-refractivity contribution is 5.92. The summed E-state index contributed by atoms with van der Waals surface area (Å²) in [5.74, 6) is -0.0417. The molecule has 2 aliphatic heterocycles. The van der Waals surface area contributed by atoms with E-state index in [4.69, 9.17) is 0 Å². The standard InChI is InChI=1S/C17H22N6O2/c24-16(19-14-3-4-15-20-18-12-23(15)11-14)13-5-9-22(10-6-13)17(25)21-7-1-2-8-21/h3-4,11-13H,1-2,5-10H2,(H,19,24). The normalized spacial score (nSPS) is 18.7. The number of likely N-dealkylation sites (tertiary alicyclic amines) is 2. The number of urea groups is 1. The number of aromatic nitrogens is 3. The third kappa shape index (κ3) is 3.29. The maximum atomic E-state index is 12.5. The molecule has 8 heteroatoms. The number of nitrogens with zero attached hydrogens (tertiary/aromatic N) is 5. The lowest BCUT2D eigenvalue weighted by Crippen LogP contribution is -2.47. The van der Waals surface area contributed by atoms with Gasteiger partial charge < -0.3 is 15.1 Å². The number of pyridine rings is 1. The van der Waals surface area contributed by atoms with Gasteiger partial charge in [-0.2, -0.15) is 0 Å². The summed E-state index contributed by atoms with van der Waals surface area (Å²) < 4.78 is 1.77. The number of carbonyl (C=O) groups is 2. The van der Waals surface area contributed by atoms with Crippen LogP contribution in [-0.4, -0.2) is 62.5 Å². The zero-order valence-corrected chi connectivity index (χ0v) is 14.1. The number of hydrogen-bond donors (Lipinski definition) is 1. The summed E-state index contributed by atoms with van der Waals surface area (Å²) in [5, 5.41) is 10.7. The Balaban J connectivity index is 1.32. The first-order valence-corrected chi connectivity index (χ1v) is 8.85. The number of fused-ring (bicyclic) bond motifs is 1. The minimum Gasteiger partial charge on any atom is -0.325 e. The number of hydrogen-bond acceptors (Lipinski definition) is 4. The van der Waals surface area contributed by atoms with Crippen LogP contribution in [0.2, 0.25) is 0 Å². The molecule has 2 aromatic heterocycles. The van der Waals surface area contributed by atoms with Gasteiger partial charge >= 0.3 is 6.03 Å². The van der Waals surface area contributed by atoms with E-state index in [1.54, 1.807) is 16.9 Å².